The van der Waals surface area contributed by atoms with E-state index in [1.54, 1.807) is 0 Å². The van der Waals surface area contributed by atoms with Crippen molar-refractivity contribution in [3.05, 3.63) is 12.2 Å². The van der Waals surface area contributed by atoms with Gasteiger partial charge in [0.05, 0.1) is 12.0 Å². The van der Waals surface area contributed by atoms with E-state index in [4.69, 9.17) is 0 Å². The van der Waals surface area contributed by atoms with E-state index in [2.05, 4.69) is 13.5 Å². The lowest BCUT2D eigenvalue weighted by Gasteiger charge is -2.56. The van der Waals surface area contributed by atoms with Gasteiger partial charge in [-0.05, 0) is 43.9 Å². The topological polar surface area (TPSA) is 57.5 Å². The first-order valence-corrected chi connectivity index (χ1v) is 6.88. The third-order valence-electron chi connectivity index (χ3n) is 5.69. The highest BCUT2D eigenvalue weighted by Gasteiger charge is 2.57. The second-order valence-corrected chi connectivity index (χ2v) is 6.57. The number of hydrogen-bond donors (Lipinski definition) is 2. The minimum Gasteiger partial charge on any atom is -0.481 e. The van der Waals surface area contributed by atoms with Crippen LogP contribution >= 0.6 is 0 Å². The van der Waals surface area contributed by atoms with Gasteiger partial charge in [0.1, 0.15) is 0 Å². The average Bonchev–Trinajstić information content (AvgIpc) is 2.28. The summed E-state index contributed by atoms with van der Waals surface area (Å²) in [5.74, 6) is -0.461. The molecule has 2 aliphatic carbocycles. The Bertz CT molecular complexity index is 376. The Morgan fingerprint density at radius 1 is 1.44 bits per heavy atom. The van der Waals surface area contributed by atoms with E-state index in [1.807, 2.05) is 6.92 Å². The van der Waals surface area contributed by atoms with Crippen molar-refractivity contribution in [1.29, 1.82) is 0 Å². The van der Waals surface area contributed by atoms with Gasteiger partial charge in [0, 0.05) is 5.92 Å². The Morgan fingerprint density at radius 3 is 2.67 bits per heavy atom. The molecule has 0 aromatic carbocycles. The van der Waals surface area contributed by atoms with Crippen LogP contribution in [0.5, 0.6) is 0 Å². The van der Waals surface area contributed by atoms with Crippen LogP contribution in [-0.4, -0.2) is 22.8 Å². The molecule has 18 heavy (non-hydrogen) atoms. The largest absolute Gasteiger partial charge is 0.481 e. The number of carboxylic acids is 1. The minimum atomic E-state index is -0.678. The van der Waals surface area contributed by atoms with E-state index in [0.29, 0.717) is 0 Å². The molecule has 2 rings (SSSR count). The maximum Gasteiger partial charge on any atom is 0.309 e. The van der Waals surface area contributed by atoms with Gasteiger partial charge in [0.2, 0.25) is 0 Å². The zero-order chi connectivity index (χ0) is 13.6. The van der Waals surface area contributed by atoms with Crippen LogP contribution in [0.1, 0.15) is 46.0 Å². The van der Waals surface area contributed by atoms with Crippen LogP contribution in [0.15, 0.2) is 12.2 Å². The van der Waals surface area contributed by atoms with Crippen LogP contribution in [-0.2, 0) is 4.79 Å². The Balaban J connectivity index is 2.41. The highest BCUT2D eigenvalue weighted by molar-refractivity contribution is 5.75. The van der Waals surface area contributed by atoms with Crippen molar-refractivity contribution < 1.29 is 15.0 Å². The van der Waals surface area contributed by atoms with Crippen molar-refractivity contribution in [2.24, 2.45) is 22.7 Å². The Morgan fingerprint density at radius 2 is 2.11 bits per heavy atom. The van der Waals surface area contributed by atoms with Crippen LogP contribution < -0.4 is 0 Å². The predicted octanol–water partition coefficient (Wildman–Crippen LogP) is 2.84. The van der Waals surface area contributed by atoms with Gasteiger partial charge in [0.25, 0.3) is 0 Å². The quantitative estimate of drug-likeness (QED) is 0.743. The lowest BCUT2D eigenvalue weighted by molar-refractivity contribution is -0.165. The zero-order valence-corrected chi connectivity index (χ0v) is 11.4. The van der Waals surface area contributed by atoms with Crippen LogP contribution in [0.3, 0.4) is 0 Å². The number of aliphatic hydroxyl groups excluding tert-OH is 1. The highest BCUT2D eigenvalue weighted by atomic mass is 16.4. The molecule has 0 aliphatic heterocycles. The Hall–Kier alpha value is -0.830. The lowest BCUT2D eigenvalue weighted by atomic mass is 9.47. The third-order valence-corrected chi connectivity index (χ3v) is 5.69. The van der Waals surface area contributed by atoms with Crippen molar-refractivity contribution in [3.8, 4) is 0 Å². The van der Waals surface area contributed by atoms with Gasteiger partial charge < -0.3 is 10.2 Å². The number of rotatable bonds is 2. The molecule has 0 radical (unpaired) electrons. The van der Waals surface area contributed by atoms with Gasteiger partial charge in [-0.2, -0.15) is 0 Å². The van der Waals surface area contributed by atoms with Gasteiger partial charge in [-0.25, -0.2) is 0 Å². The van der Waals surface area contributed by atoms with Gasteiger partial charge in [-0.1, -0.05) is 25.5 Å². The smallest absolute Gasteiger partial charge is 0.309 e. The molecule has 0 unspecified atom stereocenters. The minimum absolute atomic E-state index is 0.0650. The monoisotopic (exact) mass is 252 g/mol. The number of hydrogen-bond acceptors (Lipinski definition) is 2. The van der Waals surface area contributed by atoms with Crippen LogP contribution in [0, 0.1) is 22.7 Å². The molecule has 2 saturated carbocycles. The molecule has 0 saturated heterocycles. The number of aliphatic hydroxyl groups is 1. The first kappa shape index (κ1) is 13.6. The fourth-order valence-corrected chi connectivity index (χ4v) is 4.54. The summed E-state index contributed by atoms with van der Waals surface area (Å²) in [4.78, 5) is 11.7. The number of carboxylic acid groups (broad SMARTS) is 1. The van der Waals surface area contributed by atoms with Crippen LogP contribution in [0.4, 0.5) is 0 Å². The maximum atomic E-state index is 11.7. The van der Waals surface area contributed by atoms with E-state index in [9.17, 15) is 15.0 Å². The van der Waals surface area contributed by atoms with E-state index < -0.39 is 11.4 Å². The molecule has 4 atom stereocenters. The summed E-state index contributed by atoms with van der Waals surface area (Å²) >= 11 is 0. The van der Waals surface area contributed by atoms with Crippen LogP contribution in [0.2, 0.25) is 0 Å². The maximum absolute atomic E-state index is 11.7. The number of carbonyl (C=O) groups is 1. The van der Waals surface area contributed by atoms with Gasteiger partial charge >= 0.3 is 5.97 Å². The summed E-state index contributed by atoms with van der Waals surface area (Å²) < 4.78 is 0. The molecular weight excluding hydrogens is 228 g/mol. The standard InChI is InChI=1S/C15H24O3/c1-10-5-6-12-14(2,11(10)9-16)7-4-8-15(12,3)13(17)18/h11-12,16H,1,4-9H2,2-3H3,(H,17,18)/t11-,12-,14+,15+/m0/s1. The summed E-state index contributed by atoms with van der Waals surface area (Å²) in [5.41, 5.74) is 0.363. The van der Waals surface area contributed by atoms with E-state index in [1.165, 1.54) is 0 Å². The molecule has 0 spiro atoms. The Kier molecular flexibility index (Phi) is 3.30. The Labute approximate surface area is 109 Å². The van der Waals surface area contributed by atoms with Crippen molar-refractivity contribution in [2.75, 3.05) is 6.61 Å². The summed E-state index contributed by atoms with van der Waals surface area (Å²) in [6.07, 6.45) is 4.45. The summed E-state index contributed by atoms with van der Waals surface area (Å²) in [5, 5.41) is 19.3. The molecular formula is C15H24O3. The highest BCUT2D eigenvalue weighted by Crippen LogP contribution is 2.60. The van der Waals surface area contributed by atoms with E-state index in [0.717, 1.165) is 37.7 Å². The number of aliphatic carboxylic acids is 1. The predicted molar refractivity (Wildman–Crippen MR) is 70.1 cm³/mol. The van der Waals surface area contributed by atoms with Crippen molar-refractivity contribution in [2.45, 2.75) is 46.0 Å². The zero-order valence-electron chi connectivity index (χ0n) is 11.4. The first-order valence-electron chi connectivity index (χ1n) is 6.88. The fraction of sp³-hybridized carbons (Fsp3) is 0.800. The second kappa shape index (κ2) is 4.37. The fourth-order valence-electron chi connectivity index (χ4n) is 4.54. The van der Waals surface area contributed by atoms with Crippen molar-refractivity contribution in [1.82, 2.24) is 0 Å². The average molecular weight is 252 g/mol. The normalized spacial score (nSPS) is 44.5. The van der Waals surface area contributed by atoms with E-state index in [-0.39, 0.29) is 23.9 Å². The molecule has 3 nitrogen and oxygen atoms in total. The van der Waals surface area contributed by atoms with E-state index >= 15 is 0 Å². The molecule has 0 bridgehead atoms. The molecule has 2 aliphatic rings. The molecule has 3 heteroatoms. The summed E-state index contributed by atoms with van der Waals surface area (Å²) in [7, 11) is 0. The summed E-state index contributed by atoms with van der Waals surface area (Å²) in [6, 6.07) is 0. The second-order valence-electron chi connectivity index (χ2n) is 6.57. The molecule has 2 fully saturated rings. The molecule has 0 amide bonds. The van der Waals surface area contributed by atoms with Gasteiger partial charge in [0.15, 0.2) is 0 Å². The summed E-state index contributed by atoms with van der Waals surface area (Å²) in [6.45, 7) is 8.23. The van der Waals surface area contributed by atoms with Gasteiger partial charge in [-0.3, -0.25) is 4.79 Å². The number of fused-ring (bicyclic) bond motifs is 1. The molecule has 0 aromatic rings. The van der Waals surface area contributed by atoms with Crippen molar-refractivity contribution in [3.63, 3.8) is 0 Å². The molecule has 0 heterocycles. The van der Waals surface area contributed by atoms with Crippen molar-refractivity contribution >= 4 is 5.97 Å². The third kappa shape index (κ3) is 1.71. The van der Waals surface area contributed by atoms with Gasteiger partial charge in [-0.15, -0.1) is 0 Å². The SMILES string of the molecule is C=C1CC[C@H]2[C@](C)(CCC[C@@]2(C)C(=O)O)[C@H]1CO. The molecule has 102 valence electrons. The first-order chi connectivity index (χ1) is 8.36. The molecule has 2 N–H and O–H groups in total. The molecule has 0 aromatic heterocycles. The lowest BCUT2D eigenvalue weighted by Crippen LogP contribution is -2.54. The van der Waals surface area contributed by atoms with Crippen LogP contribution in [0.25, 0.3) is 0 Å².